The molecule has 100 valence electrons. The highest BCUT2D eigenvalue weighted by Crippen LogP contribution is 2.09. The summed E-state index contributed by atoms with van der Waals surface area (Å²) in [6.45, 7) is 6.20. The van der Waals surface area contributed by atoms with Crippen LogP contribution in [-0.2, 0) is 9.59 Å². The normalized spacial score (nSPS) is 14.4. The summed E-state index contributed by atoms with van der Waals surface area (Å²) in [4.78, 5) is 22.5. The van der Waals surface area contributed by atoms with Gasteiger partial charge < -0.3 is 16.2 Å². The van der Waals surface area contributed by atoms with Crippen molar-refractivity contribution in [3.63, 3.8) is 0 Å². The van der Waals surface area contributed by atoms with Gasteiger partial charge in [-0.05, 0) is 31.2 Å². The van der Waals surface area contributed by atoms with Crippen molar-refractivity contribution in [1.82, 2.24) is 5.32 Å². The average Bonchev–Trinajstić information content (AvgIpc) is 2.22. The van der Waals surface area contributed by atoms with Gasteiger partial charge in [0, 0.05) is 6.42 Å². The van der Waals surface area contributed by atoms with Crippen LogP contribution in [0.2, 0.25) is 0 Å². The third kappa shape index (κ3) is 6.94. The Kier molecular flexibility index (Phi) is 7.54. The van der Waals surface area contributed by atoms with Gasteiger partial charge in [0.2, 0.25) is 5.91 Å². The van der Waals surface area contributed by atoms with Crippen LogP contribution < -0.4 is 11.1 Å². The van der Waals surface area contributed by atoms with Crippen molar-refractivity contribution in [3.05, 3.63) is 0 Å². The highest BCUT2D eigenvalue weighted by atomic mass is 16.4. The van der Waals surface area contributed by atoms with Crippen LogP contribution >= 0.6 is 0 Å². The third-order valence-electron chi connectivity index (χ3n) is 2.77. The second-order valence-corrected chi connectivity index (χ2v) is 4.85. The maximum atomic E-state index is 11.6. The van der Waals surface area contributed by atoms with Crippen molar-refractivity contribution < 1.29 is 14.7 Å². The van der Waals surface area contributed by atoms with Crippen LogP contribution in [-0.4, -0.2) is 29.6 Å². The van der Waals surface area contributed by atoms with Crippen LogP contribution in [0.1, 0.15) is 40.0 Å². The first-order chi connectivity index (χ1) is 7.88. The maximum absolute atomic E-state index is 11.6. The first-order valence-corrected chi connectivity index (χ1v) is 6.10. The molecule has 1 unspecified atom stereocenters. The molecule has 17 heavy (non-hydrogen) atoms. The number of carbonyl (C=O) groups is 2. The van der Waals surface area contributed by atoms with Gasteiger partial charge in [0.15, 0.2) is 0 Å². The van der Waals surface area contributed by atoms with E-state index in [4.69, 9.17) is 10.8 Å². The number of aliphatic carboxylic acids is 1. The van der Waals surface area contributed by atoms with Gasteiger partial charge in [-0.1, -0.05) is 20.8 Å². The maximum Gasteiger partial charge on any atom is 0.326 e. The second kappa shape index (κ2) is 8.06. The number of rotatable bonds is 8. The van der Waals surface area contributed by atoms with E-state index in [2.05, 4.69) is 5.32 Å². The van der Waals surface area contributed by atoms with E-state index in [-0.39, 0.29) is 11.8 Å². The monoisotopic (exact) mass is 244 g/mol. The number of nitrogens with two attached hydrogens (primary N) is 1. The summed E-state index contributed by atoms with van der Waals surface area (Å²) in [7, 11) is 0. The van der Waals surface area contributed by atoms with Crippen molar-refractivity contribution in [2.24, 2.45) is 17.6 Å². The zero-order valence-corrected chi connectivity index (χ0v) is 10.9. The lowest BCUT2D eigenvalue weighted by Gasteiger charge is -2.18. The van der Waals surface area contributed by atoms with Crippen LogP contribution in [0, 0.1) is 11.8 Å². The van der Waals surface area contributed by atoms with Crippen LogP contribution in [0.3, 0.4) is 0 Å². The van der Waals surface area contributed by atoms with Crippen LogP contribution in [0.25, 0.3) is 0 Å². The van der Waals surface area contributed by atoms with Crippen LogP contribution in [0.15, 0.2) is 0 Å². The fourth-order valence-corrected chi connectivity index (χ4v) is 1.57. The molecule has 0 aliphatic carbocycles. The Bertz CT molecular complexity index is 254. The SMILES string of the molecule is CC(CCN)CCC(=O)N[C@@H](C(=O)O)C(C)C. The first-order valence-electron chi connectivity index (χ1n) is 6.10. The molecular weight excluding hydrogens is 220 g/mol. The molecule has 0 aromatic heterocycles. The molecule has 0 aromatic carbocycles. The van der Waals surface area contributed by atoms with Crippen LogP contribution in [0.5, 0.6) is 0 Å². The number of carbonyl (C=O) groups excluding carboxylic acids is 1. The molecule has 0 radical (unpaired) electrons. The largest absolute Gasteiger partial charge is 0.480 e. The molecule has 1 amide bonds. The first kappa shape index (κ1) is 15.9. The van der Waals surface area contributed by atoms with Gasteiger partial charge in [-0.25, -0.2) is 4.79 Å². The summed E-state index contributed by atoms with van der Waals surface area (Å²) in [5.41, 5.74) is 5.42. The molecule has 4 N–H and O–H groups in total. The standard InChI is InChI=1S/C12H24N2O3/c1-8(2)11(12(16)17)14-10(15)5-4-9(3)6-7-13/h8-9,11H,4-7,13H2,1-3H3,(H,14,15)(H,16,17)/t9?,11-/m1/s1. The quantitative estimate of drug-likeness (QED) is 0.593. The molecule has 0 aliphatic heterocycles. The molecule has 0 aliphatic rings. The number of carboxylic acids is 1. The van der Waals surface area contributed by atoms with Gasteiger partial charge in [0.25, 0.3) is 0 Å². The Balaban J connectivity index is 4.03. The molecule has 0 rings (SSSR count). The van der Waals surface area contributed by atoms with Crippen molar-refractivity contribution >= 4 is 11.9 Å². The molecule has 0 saturated carbocycles. The molecule has 0 saturated heterocycles. The minimum atomic E-state index is -0.983. The molecule has 0 bridgehead atoms. The molecule has 5 nitrogen and oxygen atoms in total. The van der Waals surface area contributed by atoms with E-state index in [1.165, 1.54) is 0 Å². The molecule has 0 heterocycles. The zero-order valence-electron chi connectivity index (χ0n) is 10.9. The van der Waals surface area contributed by atoms with E-state index in [0.29, 0.717) is 18.9 Å². The summed E-state index contributed by atoms with van der Waals surface area (Å²) >= 11 is 0. The van der Waals surface area contributed by atoms with Crippen LogP contribution in [0.4, 0.5) is 0 Å². The van der Waals surface area contributed by atoms with E-state index in [0.717, 1.165) is 12.8 Å². The van der Waals surface area contributed by atoms with Gasteiger partial charge in [-0.15, -0.1) is 0 Å². The van der Waals surface area contributed by atoms with Crippen molar-refractivity contribution in [2.45, 2.75) is 46.1 Å². The fourth-order valence-electron chi connectivity index (χ4n) is 1.57. The average molecular weight is 244 g/mol. The van der Waals surface area contributed by atoms with Gasteiger partial charge in [0.1, 0.15) is 6.04 Å². The van der Waals surface area contributed by atoms with Crippen molar-refractivity contribution in [3.8, 4) is 0 Å². The van der Waals surface area contributed by atoms with E-state index in [1.807, 2.05) is 6.92 Å². The third-order valence-corrected chi connectivity index (χ3v) is 2.77. The Morgan fingerprint density at radius 3 is 2.24 bits per heavy atom. The summed E-state index contributed by atoms with van der Waals surface area (Å²) in [6.07, 6.45) is 1.99. The number of hydrogen-bond donors (Lipinski definition) is 3. The minimum Gasteiger partial charge on any atom is -0.480 e. The number of amides is 1. The topological polar surface area (TPSA) is 92.4 Å². The van der Waals surface area contributed by atoms with Crippen molar-refractivity contribution in [1.29, 1.82) is 0 Å². The molecular formula is C12H24N2O3. The zero-order chi connectivity index (χ0) is 13.4. The molecule has 0 aromatic rings. The second-order valence-electron chi connectivity index (χ2n) is 4.85. The summed E-state index contributed by atoms with van der Waals surface area (Å²) in [5, 5.41) is 11.5. The summed E-state index contributed by atoms with van der Waals surface area (Å²) in [5.74, 6) is -0.899. The van der Waals surface area contributed by atoms with Crippen molar-refractivity contribution in [2.75, 3.05) is 6.54 Å². The fraction of sp³-hybridized carbons (Fsp3) is 0.833. The van der Waals surface area contributed by atoms with E-state index in [9.17, 15) is 9.59 Å². The molecule has 0 fully saturated rings. The highest BCUT2D eigenvalue weighted by Gasteiger charge is 2.23. The molecule has 0 spiro atoms. The predicted octanol–water partition coefficient (Wildman–Crippen LogP) is 0.977. The van der Waals surface area contributed by atoms with E-state index >= 15 is 0 Å². The predicted molar refractivity (Wildman–Crippen MR) is 66.5 cm³/mol. The molecule has 2 atom stereocenters. The highest BCUT2D eigenvalue weighted by molar-refractivity contribution is 5.83. The Morgan fingerprint density at radius 1 is 1.24 bits per heavy atom. The smallest absolute Gasteiger partial charge is 0.326 e. The van der Waals surface area contributed by atoms with Gasteiger partial charge >= 0.3 is 5.97 Å². The summed E-state index contributed by atoms with van der Waals surface area (Å²) < 4.78 is 0. The Hall–Kier alpha value is -1.10. The van der Waals surface area contributed by atoms with E-state index in [1.54, 1.807) is 13.8 Å². The molecule has 5 heteroatoms. The van der Waals surface area contributed by atoms with Gasteiger partial charge in [-0.2, -0.15) is 0 Å². The van der Waals surface area contributed by atoms with Gasteiger partial charge in [-0.3, -0.25) is 4.79 Å². The lowest BCUT2D eigenvalue weighted by atomic mass is 10.0. The Morgan fingerprint density at radius 2 is 1.82 bits per heavy atom. The Labute approximate surface area is 103 Å². The lowest BCUT2D eigenvalue weighted by molar-refractivity contribution is -0.143. The minimum absolute atomic E-state index is 0.113. The van der Waals surface area contributed by atoms with E-state index < -0.39 is 12.0 Å². The summed E-state index contributed by atoms with van der Waals surface area (Å²) in [6, 6.07) is -0.799. The number of carboxylic acid groups (broad SMARTS) is 1. The lowest BCUT2D eigenvalue weighted by Crippen LogP contribution is -2.44. The number of nitrogens with one attached hydrogen (secondary N) is 1. The van der Waals surface area contributed by atoms with Gasteiger partial charge in [0.05, 0.1) is 0 Å². The number of hydrogen-bond acceptors (Lipinski definition) is 3.